The van der Waals surface area contributed by atoms with Gasteiger partial charge in [-0.1, -0.05) is 19.9 Å². The van der Waals surface area contributed by atoms with Crippen LogP contribution >= 0.6 is 0 Å². The van der Waals surface area contributed by atoms with Gasteiger partial charge in [-0.3, -0.25) is 0 Å². The van der Waals surface area contributed by atoms with Gasteiger partial charge in [-0.25, -0.2) is 17.5 Å². The smallest absolute Gasteiger partial charge is 0.241 e. The summed E-state index contributed by atoms with van der Waals surface area (Å²) in [5.74, 6) is -0.176. The molecule has 1 aromatic rings. The Hall–Kier alpha value is -0.980. The molecule has 0 saturated heterocycles. The summed E-state index contributed by atoms with van der Waals surface area (Å²) in [7, 11) is -3.64. The fraction of sp³-hybridized carbons (Fsp3) is 0.538. The van der Waals surface area contributed by atoms with Gasteiger partial charge in [0.25, 0.3) is 0 Å². The number of nitrogens with one attached hydrogen (secondary N) is 2. The first-order chi connectivity index (χ1) is 8.94. The molecule has 0 heterocycles. The summed E-state index contributed by atoms with van der Waals surface area (Å²) in [6.07, 6.45) is 0.844. The van der Waals surface area contributed by atoms with Crippen molar-refractivity contribution in [2.75, 3.05) is 6.54 Å². The Morgan fingerprint density at radius 1 is 1.42 bits per heavy atom. The molecule has 1 aliphatic carbocycles. The van der Waals surface area contributed by atoms with Crippen LogP contribution in [0.2, 0.25) is 0 Å². The first-order valence-electron chi connectivity index (χ1n) is 6.45. The van der Waals surface area contributed by atoms with Gasteiger partial charge in [0.05, 0.1) is 4.90 Å². The Morgan fingerprint density at radius 3 is 2.68 bits per heavy atom. The van der Waals surface area contributed by atoms with Crippen molar-refractivity contribution in [3.05, 3.63) is 29.6 Å². The molecule has 1 aromatic carbocycles. The highest BCUT2D eigenvalue weighted by Gasteiger charge is 2.37. The first kappa shape index (κ1) is 14.4. The quantitative estimate of drug-likeness (QED) is 0.835. The summed E-state index contributed by atoms with van der Waals surface area (Å²) in [4.78, 5) is 0.0348. The molecule has 6 heteroatoms. The van der Waals surface area contributed by atoms with E-state index in [1.165, 1.54) is 12.1 Å². The number of hydrogen-bond acceptors (Lipinski definition) is 3. The fourth-order valence-corrected chi connectivity index (χ4v) is 3.54. The van der Waals surface area contributed by atoms with Crippen molar-refractivity contribution >= 4 is 10.0 Å². The summed E-state index contributed by atoms with van der Waals surface area (Å²) >= 11 is 0. The van der Waals surface area contributed by atoms with E-state index in [-0.39, 0.29) is 10.9 Å². The maximum Gasteiger partial charge on any atom is 0.241 e. The van der Waals surface area contributed by atoms with E-state index >= 15 is 0 Å². The lowest BCUT2D eigenvalue weighted by Crippen LogP contribution is -2.28. The predicted octanol–water partition coefficient (Wildman–Crippen LogP) is 1.62. The Labute approximate surface area is 113 Å². The zero-order valence-electron chi connectivity index (χ0n) is 11.1. The Bertz CT molecular complexity index is 560. The van der Waals surface area contributed by atoms with E-state index in [0.717, 1.165) is 19.0 Å². The Morgan fingerprint density at radius 2 is 2.11 bits per heavy atom. The predicted molar refractivity (Wildman–Crippen MR) is 71.7 cm³/mol. The van der Waals surface area contributed by atoms with E-state index in [9.17, 15) is 12.8 Å². The van der Waals surface area contributed by atoms with Crippen molar-refractivity contribution in [3.8, 4) is 0 Å². The minimum atomic E-state index is -3.64. The van der Waals surface area contributed by atoms with Gasteiger partial charge in [0.15, 0.2) is 0 Å². The van der Waals surface area contributed by atoms with E-state index in [2.05, 4.69) is 10.0 Å². The third kappa shape index (κ3) is 3.52. The molecule has 2 unspecified atom stereocenters. The van der Waals surface area contributed by atoms with Crippen LogP contribution in [0.4, 0.5) is 4.39 Å². The lowest BCUT2D eigenvalue weighted by molar-refractivity contribution is 0.571. The Balaban J connectivity index is 2.27. The molecule has 0 bridgehead atoms. The van der Waals surface area contributed by atoms with Crippen LogP contribution in [-0.2, 0) is 16.6 Å². The van der Waals surface area contributed by atoms with Gasteiger partial charge >= 0.3 is 0 Å². The molecule has 0 spiro atoms. The van der Waals surface area contributed by atoms with Crippen LogP contribution in [0.1, 0.15) is 25.8 Å². The molecular formula is C13H19FN2O2S. The summed E-state index contributed by atoms with van der Waals surface area (Å²) in [5.41, 5.74) is 0.587. The van der Waals surface area contributed by atoms with Crippen LogP contribution in [0.15, 0.2) is 23.1 Å². The maximum absolute atomic E-state index is 13.3. The van der Waals surface area contributed by atoms with Crippen molar-refractivity contribution in [2.24, 2.45) is 5.92 Å². The zero-order valence-corrected chi connectivity index (χ0v) is 11.9. The fourth-order valence-electron chi connectivity index (χ4n) is 1.93. The number of hydrogen-bond donors (Lipinski definition) is 2. The molecule has 0 radical (unpaired) electrons. The second-order valence-electron chi connectivity index (χ2n) is 4.97. The van der Waals surface area contributed by atoms with E-state index in [1.807, 2.05) is 13.8 Å². The van der Waals surface area contributed by atoms with Gasteiger partial charge in [0.1, 0.15) is 5.82 Å². The van der Waals surface area contributed by atoms with Gasteiger partial charge < -0.3 is 5.32 Å². The maximum atomic E-state index is 13.3. The number of rotatable bonds is 6. The van der Waals surface area contributed by atoms with Gasteiger partial charge in [-0.2, -0.15) is 0 Å². The average Bonchev–Trinajstić information content (AvgIpc) is 3.02. The van der Waals surface area contributed by atoms with Crippen molar-refractivity contribution in [1.29, 1.82) is 0 Å². The molecule has 1 saturated carbocycles. The number of halogens is 1. The van der Waals surface area contributed by atoms with E-state index in [1.54, 1.807) is 0 Å². The molecule has 1 aliphatic rings. The molecule has 0 aromatic heterocycles. The zero-order chi connectivity index (χ0) is 14.0. The lowest BCUT2D eigenvalue weighted by atomic mass is 10.2. The molecule has 2 atom stereocenters. The Kier molecular flexibility index (Phi) is 4.23. The third-order valence-corrected chi connectivity index (χ3v) is 4.87. The highest BCUT2D eigenvalue weighted by molar-refractivity contribution is 7.89. The minimum absolute atomic E-state index is 0.0137. The monoisotopic (exact) mass is 286 g/mol. The van der Waals surface area contributed by atoms with Crippen molar-refractivity contribution < 1.29 is 12.8 Å². The van der Waals surface area contributed by atoms with Crippen LogP contribution in [0.25, 0.3) is 0 Å². The summed E-state index contributed by atoms with van der Waals surface area (Å²) in [6.45, 7) is 5.05. The summed E-state index contributed by atoms with van der Waals surface area (Å²) < 4.78 is 40.5. The molecule has 2 rings (SSSR count). The van der Waals surface area contributed by atoms with Gasteiger partial charge in [-0.05, 0) is 36.6 Å². The van der Waals surface area contributed by atoms with Crippen LogP contribution in [0.3, 0.4) is 0 Å². The van der Waals surface area contributed by atoms with Crippen LogP contribution in [0, 0.1) is 11.7 Å². The van der Waals surface area contributed by atoms with Crippen LogP contribution < -0.4 is 10.0 Å². The molecule has 2 N–H and O–H groups in total. The lowest BCUT2D eigenvalue weighted by Gasteiger charge is -2.12. The van der Waals surface area contributed by atoms with Crippen molar-refractivity contribution in [3.63, 3.8) is 0 Å². The number of sulfonamides is 1. The van der Waals surface area contributed by atoms with Crippen LogP contribution in [-0.4, -0.2) is 21.0 Å². The molecule has 4 nitrogen and oxygen atoms in total. The average molecular weight is 286 g/mol. The van der Waals surface area contributed by atoms with E-state index in [0.29, 0.717) is 18.0 Å². The highest BCUT2D eigenvalue weighted by atomic mass is 32.2. The van der Waals surface area contributed by atoms with Crippen LogP contribution in [0.5, 0.6) is 0 Å². The standard InChI is InChI=1S/C13H19FN2O2S/c1-3-15-8-10-4-5-11(14)7-13(10)19(17,18)16-12-6-9(12)2/h4-5,7,9,12,15-16H,3,6,8H2,1-2H3. The first-order valence-corrected chi connectivity index (χ1v) is 7.94. The molecule has 0 amide bonds. The van der Waals surface area contributed by atoms with Gasteiger partial charge in [0.2, 0.25) is 10.0 Å². The molecule has 19 heavy (non-hydrogen) atoms. The second-order valence-corrected chi connectivity index (χ2v) is 6.66. The van der Waals surface area contributed by atoms with Gasteiger partial charge in [-0.15, -0.1) is 0 Å². The van der Waals surface area contributed by atoms with E-state index < -0.39 is 15.8 Å². The van der Waals surface area contributed by atoms with Crippen molar-refractivity contribution in [1.82, 2.24) is 10.0 Å². The minimum Gasteiger partial charge on any atom is -0.313 e. The van der Waals surface area contributed by atoms with E-state index in [4.69, 9.17) is 0 Å². The largest absolute Gasteiger partial charge is 0.313 e. The van der Waals surface area contributed by atoms with Crippen molar-refractivity contribution in [2.45, 2.75) is 37.8 Å². The molecule has 0 aliphatic heterocycles. The number of benzene rings is 1. The molecule has 106 valence electrons. The summed E-state index contributed by atoms with van der Waals surface area (Å²) in [5, 5.41) is 3.06. The summed E-state index contributed by atoms with van der Waals surface area (Å²) in [6, 6.07) is 3.87. The second kappa shape index (κ2) is 5.56. The normalized spacial score (nSPS) is 22.5. The third-order valence-electron chi connectivity index (χ3n) is 3.30. The highest BCUT2D eigenvalue weighted by Crippen LogP contribution is 2.31. The topological polar surface area (TPSA) is 58.2 Å². The molecule has 1 fully saturated rings. The SMILES string of the molecule is CCNCc1ccc(F)cc1S(=O)(=O)NC1CC1C. The molecular weight excluding hydrogens is 267 g/mol. The van der Waals surface area contributed by atoms with Gasteiger partial charge in [0, 0.05) is 12.6 Å².